The lowest BCUT2D eigenvalue weighted by molar-refractivity contribution is 0.0745. The second kappa shape index (κ2) is 8.30. The minimum absolute atomic E-state index is 0.203. The van der Waals surface area contributed by atoms with Crippen molar-refractivity contribution in [2.75, 3.05) is 37.7 Å². The molecule has 29 heavy (non-hydrogen) atoms. The highest BCUT2D eigenvalue weighted by Crippen LogP contribution is 2.21. The van der Waals surface area contributed by atoms with Crippen LogP contribution in [0.4, 0.5) is 10.2 Å². The number of hydrogen-bond donors (Lipinski definition) is 0. The molecule has 7 nitrogen and oxygen atoms in total. The minimum Gasteiger partial charge on any atom is -0.478 e. The van der Waals surface area contributed by atoms with Crippen molar-refractivity contribution < 1.29 is 13.9 Å². The Morgan fingerprint density at radius 2 is 1.97 bits per heavy atom. The van der Waals surface area contributed by atoms with Crippen molar-refractivity contribution in [3.05, 3.63) is 66.2 Å². The Bertz CT molecular complexity index is 984. The van der Waals surface area contributed by atoms with Gasteiger partial charge >= 0.3 is 0 Å². The number of halogens is 1. The molecule has 1 saturated heterocycles. The molecule has 0 N–H and O–H groups in total. The highest BCUT2D eigenvalue weighted by Gasteiger charge is 2.25. The van der Waals surface area contributed by atoms with E-state index in [9.17, 15) is 9.18 Å². The summed E-state index contributed by atoms with van der Waals surface area (Å²) in [5, 5.41) is 4.17. The summed E-state index contributed by atoms with van der Waals surface area (Å²) in [5.74, 6) is 0.767. The molecule has 0 spiro atoms. The first kappa shape index (κ1) is 18.9. The zero-order chi connectivity index (χ0) is 20.2. The summed E-state index contributed by atoms with van der Waals surface area (Å²) < 4.78 is 20.9. The van der Waals surface area contributed by atoms with Gasteiger partial charge in [0.25, 0.3) is 5.91 Å². The maximum absolute atomic E-state index is 13.9. The number of ether oxygens (including phenoxy) is 1. The SMILES string of the molecule is CCOc1cccc(N2CCN(C(=O)c3cc(F)ccc3-n3cccn3)CC2)n1. The van der Waals surface area contributed by atoms with Gasteiger partial charge in [0.05, 0.1) is 17.9 Å². The number of rotatable bonds is 5. The van der Waals surface area contributed by atoms with E-state index in [2.05, 4.69) is 15.0 Å². The predicted molar refractivity (Wildman–Crippen MR) is 107 cm³/mol. The summed E-state index contributed by atoms with van der Waals surface area (Å²) in [4.78, 5) is 21.5. The molecule has 0 radical (unpaired) electrons. The van der Waals surface area contributed by atoms with Crippen LogP contribution in [0.3, 0.4) is 0 Å². The summed E-state index contributed by atoms with van der Waals surface area (Å²) >= 11 is 0. The molecule has 0 saturated carbocycles. The van der Waals surface area contributed by atoms with Crippen LogP contribution in [0, 0.1) is 5.82 Å². The Balaban J connectivity index is 1.49. The highest BCUT2D eigenvalue weighted by atomic mass is 19.1. The maximum atomic E-state index is 13.9. The molecule has 2 aromatic heterocycles. The number of carbonyl (C=O) groups excluding carboxylic acids is 1. The lowest BCUT2D eigenvalue weighted by Crippen LogP contribution is -2.49. The number of nitrogens with zero attached hydrogens (tertiary/aromatic N) is 5. The molecule has 4 rings (SSSR count). The number of piperazine rings is 1. The van der Waals surface area contributed by atoms with E-state index in [1.807, 2.05) is 25.1 Å². The van der Waals surface area contributed by atoms with E-state index >= 15 is 0 Å². The van der Waals surface area contributed by atoms with E-state index < -0.39 is 5.82 Å². The largest absolute Gasteiger partial charge is 0.478 e. The van der Waals surface area contributed by atoms with Gasteiger partial charge in [0.2, 0.25) is 5.88 Å². The maximum Gasteiger partial charge on any atom is 0.256 e. The second-order valence-electron chi connectivity index (χ2n) is 6.66. The normalized spacial score (nSPS) is 14.1. The lowest BCUT2D eigenvalue weighted by atomic mass is 10.1. The zero-order valence-electron chi connectivity index (χ0n) is 16.2. The molecule has 3 heterocycles. The topological polar surface area (TPSA) is 63.5 Å². The average molecular weight is 395 g/mol. The molecule has 3 aromatic rings. The third-order valence-electron chi connectivity index (χ3n) is 4.83. The fourth-order valence-corrected chi connectivity index (χ4v) is 3.41. The summed E-state index contributed by atoms with van der Waals surface area (Å²) in [6, 6.07) is 11.6. The Kier molecular flexibility index (Phi) is 5.41. The molecule has 0 atom stereocenters. The van der Waals surface area contributed by atoms with E-state index in [4.69, 9.17) is 4.74 Å². The van der Waals surface area contributed by atoms with Crippen LogP contribution in [-0.2, 0) is 0 Å². The monoisotopic (exact) mass is 395 g/mol. The number of carbonyl (C=O) groups is 1. The van der Waals surface area contributed by atoms with Gasteiger partial charge in [0.15, 0.2) is 0 Å². The third kappa shape index (κ3) is 4.06. The van der Waals surface area contributed by atoms with Gasteiger partial charge in [0, 0.05) is 44.6 Å². The number of pyridine rings is 1. The minimum atomic E-state index is -0.445. The van der Waals surface area contributed by atoms with E-state index in [-0.39, 0.29) is 5.91 Å². The van der Waals surface area contributed by atoms with Crippen molar-refractivity contribution in [2.24, 2.45) is 0 Å². The Morgan fingerprint density at radius 1 is 1.14 bits per heavy atom. The number of amides is 1. The Labute approximate surface area is 168 Å². The lowest BCUT2D eigenvalue weighted by Gasteiger charge is -2.35. The van der Waals surface area contributed by atoms with Gasteiger partial charge in [-0.15, -0.1) is 0 Å². The highest BCUT2D eigenvalue weighted by molar-refractivity contribution is 5.98. The first-order valence-electron chi connectivity index (χ1n) is 9.59. The van der Waals surface area contributed by atoms with Gasteiger partial charge in [-0.3, -0.25) is 4.79 Å². The van der Waals surface area contributed by atoms with Gasteiger partial charge in [-0.05, 0) is 37.3 Å². The molecule has 1 fully saturated rings. The Morgan fingerprint density at radius 3 is 2.69 bits per heavy atom. The summed E-state index contributed by atoms with van der Waals surface area (Å²) in [5.41, 5.74) is 0.869. The van der Waals surface area contributed by atoms with Crippen LogP contribution >= 0.6 is 0 Å². The molecule has 150 valence electrons. The molecule has 0 unspecified atom stereocenters. The van der Waals surface area contributed by atoms with Crippen molar-refractivity contribution in [2.45, 2.75) is 6.92 Å². The van der Waals surface area contributed by atoms with Crippen molar-refractivity contribution >= 4 is 11.7 Å². The first-order valence-corrected chi connectivity index (χ1v) is 9.59. The zero-order valence-corrected chi connectivity index (χ0v) is 16.2. The molecular weight excluding hydrogens is 373 g/mol. The third-order valence-corrected chi connectivity index (χ3v) is 4.83. The molecule has 0 bridgehead atoms. The van der Waals surface area contributed by atoms with Gasteiger partial charge < -0.3 is 14.5 Å². The molecule has 0 aliphatic carbocycles. The Hall–Kier alpha value is -3.42. The first-order chi connectivity index (χ1) is 14.2. The van der Waals surface area contributed by atoms with Crippen LogP contribution in [0.5, 0.6) is 5.88 Å². The average Bonchev–Trinajstić information content (AvgIpc) is 3.28. The molecular formula is C21H22FN5O2. The van der Waals surface area contributed by atoms with E-state index in [1.54, 1.807) is 34.1 Å². The van der Waals surface area contributed by atoms with Gasteiger partial charge in [-0.2, -0.15) is 10.1 Å². The fraction of sp³-hybridized carbons (Fsp3) is 0.286. The number of hydrogen-bond acceptors (Lipinski definition) is 5. The number of anilines is 1. The van der Waals surface area contributed by atoms with E-state index in [0.29, 0.717) is 49.9 Å². The van der Waals surface area contributed by atoms with Gasteiger partial charge in [0.1, 0.15) is 11.6 Å². The van der Waals surface area contributed by atoms with Gasteiger partial charge in [-0.25, -0.2) is 9.07 Å². The van der Waals surface area contributed by atoms with E-state index in [0.717, 1.165) is 5.82 Å². The van der Waals surface area contributed by atoms with Crippen molar-refractivity contribution in [1.82, 2.24) is 19.7 Å². The summed E-state index contributed by atoms with van der Waals surface area (Å²) in [6.45, 7) is 4.80. The van der Waals surface area contributed by atoms with Crippen LogP contribution in [0.15, 0.2) is 54.9 Å². The molecule has 8 heteroatoms. The fourth-order valence-electron chi connectivity index (χ4n) is 3.41. The van der Waals surface area contributed by atoms with Crippen LogP contribution in [-0.4, -0.2) is 58.4 Å². The standard InChI is InChI=1S/C21H22FN5O2/c1-2-29-20-6-3-5-19(24-20)25-11-13-26(14-12-25)21(28)17-15-16(22)7-8-18(17)27-10-4-9-23-27/h3-10,15H,2,11-14H2,1H3. The van der Waals surface area contributed by atoms with Crippen LogP contribution in [0.25, 0.3) is 5.69 Å². The summed E-state index contributed by atoms with van der Waals surface area (Å²) in [7, 11) is 0. The van der Waals surface area contributed by atoms with E-state index in [1.165, 1.54) is 12.1 Å². The molecule has 1 aliphatic heterocycles. The van der Waals surface area contributed by atoms with Gasteiger partial charge in [-0.1, -0.05) is 6.07 Å². The summed E-state index contributed by atoms with van der Waals surface area (Å²) in [6.07, 6.45) is 3.36. The van der Waals surface area contributed by atoms with Crippen molar-refractivity contribution in [1.29, 1.82) is 0 Å². The van der Waals surface area contributed by atoms with Crippen LogP contribution in [0.2, 0.25) is 0 Å². The van der Waals surface area contributed by atoms with Crippen LogP contribution in [0.1, 0.15) is 17.3 Å². The number of benzene rings is 1. The molecule has 1 aliphatic rings. The quantitative estimate of drug-likeness (QED) is 0.665. The second-order valence-corrected chi connectivity index (χ2v) is 6.66. The predicted octanol–water partition coefficient (Wildman–Crippen LogP) is 2.77. The van der Waals surface area contributed by atoms with Crippen molar-refractivity contribution in [3.8, 4) is 11.6 Å². The number of aromatic nitrogens is 3. The smallest absolute Gasteiger partial charge is 0.256 e. The molecule has 1 aromatic carbocycles. The molecule has 1 amide bonds. The van der Waals surface area contributed by atoms with Crippen LogP contribution < -0.4 is 9.64 Å². The van der Waals surface area contributed by atoms with Crippen molar-refractivity contribution in [3.63, 3.8) is 0 Å².